The molecule has 1 aliphatic rings. The minimum Gasteiger partial charge on any atom is -0.387 e. The maximum absolute atomic E-state index is 12.2. The third-order valence-corrected chi connectivity index (χ3v) is 3.69. The molecule has 2 heterocycles. The third kappa shape index (κ3) is 3.78. The number of carbonyl (C=O) groups is 1. The highest BCUT2D eigenvalue weighted by atomic mass is 19.3. The molecule has 24 heavy (non-hydrogen) atoms. The third-order valence-electron chi connectivity index (χ3n) is 3.69. The van der Waals surface area contributed by atoms with E-state index >= 15 is 0 Å². The maximum atomic E-state index is 12.2. The van der Waals surface area contributed by atoms with E-state index < -0.39 is 36.8 Å². The van der Waals surface area contributed by atoms with Crippen molar-refractivity contribution < 1.29 is 28.8 Å². The quantitative estimate of drug-likeness (QED) is 0.747. The first-order valence-corrected chi connectivity index (χ1v) is 7.39. The molecule has 4 unspecified atom stereocenters. The molecular weight excluding hydrogens is 325 g/mol. The Bertz CT molecular complexity index is 637. The van der Waals surface area contributed by atoms with Crippen molar-refractivity contribution in [2.75, 3.05) is 19.0 Å². The van der Waals surface area contributed by atoms with Crippen molar-refractivity contribution >= 4 is 11.7 Å². The highest BCUT2D eigenvalue weighted by Crippen LogP contribution is 2.30. The van der Waals surface area contributed by atoms with Gasteiger partial charge in [0.05, 0.1) is 0 Å². The van der Waals surface area contributed by atoms with Crippen molar-refractivity contribution in [1.29, 1.82) is 0 Å². The summed E-state index contributed by atoms with van der Waals surface area (Å²) < 4.78 is 23.7. The van der Waals surface area contributed by atoms with Gasteiger partial charge < -0.3 is 19.9 Å². The van der Waals surface area contributed by atoms with Gasteiger partial charge >= 0.3 is 5.69 Å². The number of aliphatic hydroxyl groups is 1. The van der Waals surface area contributed by atoms with Gasteiger partial charge in [0.25, 0.3) is 0 Å². The average Bonchev–Trinajstić information content (AvgIpc) is 2.83. The van der Waals surface area contributed by atoms with E-state index in [4.69, 9.17) is 9.47 Å². The summed E-state index contributed by atoms with van der Waals surface area (Å²) in [5, 5.41) is 12.6. The number of rotatable bonds is 6. The van der Waals surface area contributed by atoms with Crippen LogP contribution in [-0.4, -0.2) is 52.6 Å². The molecule has 1 aromatic heterocycles. The first kappa shape index (κ1) is 18.5. The van der Waals surface area contributed by atoms with E-state index in [1.54, 1.807) is 13.8 Å². The Kier molecular flexibility index (Phi) is 5.99. The Balaban J connectivity index is 2.22. The predicted octanol–water partition coefficient (Wildman–Crippen LogP) is 0.0122. The van der Waals surface area contributed by atoms with Gasteiger partial charge in [-0.2, -0.15) is 9.93 Å². The Hall–Kier alpha value is -1.88. The van der Waals surface area contributed by atoms with Crippen LogP contribution in [0.5, 0.6) is 0 Å². The van der Waals surface area contributed by atoms with Gasteiger partial charge in [0, 0.05) is 19.2 Å². The minimum absolute atomic E-state index is 0.103. The topological polar surface area (TPSA) is 112 Å². The van der Waals surface area contributed by atoms with Crippen molar-refractivity contribution in [2.24, 2.45) is 5.92 Å². The molecule has 9 nitrogen and oxygen atoms in total. The van der Waals surface area contributed by atoms with E-state index in [1.807, 2.05) is 0 Å². The molecule has 0 aliphatic carbocycles. The molecule has 1 aliphatic heterocycles. The lowest BCUT2D eigenvalue weighted by atomic mass is 10.1. The number of aromatic nitrogens is 2. The summed E-state index contributed by atoms with van der Waals surface area (Å²) >= 11 is 0. The molecule has 1 fully saturated rings. The van der Waals surface area contributed by atoms with Crippen molar-refractivity contribution in [1.82, 2.24) is 9.55 Å². The predicted molar refractivity (Wildman–Crippen MR) is 79.7 cm³/mol. The zero-order chi connectivity index (χ0) is 17.9. The number of carbonyl (C=O) groups excluding carboxylic acids is 1. The SMILES string of the molecule is COC1C(O)C(COF)OC1n1ccc(NC(=O)C(C)C)nc1=O. The zero-order valence-corrected chi connectivity index (χ0v) is 13.5. The van der Waals surface area contributed by atoms with Crippen LogP contribution in [-0.2, 0) is 19.2 Å². The summed E-state index contributed by atoms with van der Waals surface area (Å²) in [4.78, 5) is 31.1. The first-order valence-electron chi connectivity index (χ1n) is 7.39. The molecule has 2 N–H and O–H groups in total. The monoisotopic (exact) mass is 345 g/mol. The van der Waals surface area contributed by atoms with E-state index in [-0.39, 0.29) is 17.6 Å². The Labute approximate surface area is 137 Å². The molecule has 0 radical (unpaired) electrons. The summed E-state index contributed by atoms with van der Waals surface area (Å²) in [6.07, 6.45) is -2.71. The smallest absolute Gasteiger partial charge is 0.351 e. The average molecular weight is 345 g/mol. The molecule has 0 spiro atoms. The lowest BCUT2D eigenvalue weighted by Gasteiger charge is -2.20. The second-order valence-electron chi connectivity index (χ2n) is 5.68. The number of halogens is 1. The number of anilines is 1. The van der Waals surface area contributed by atoms with Crippen LogP contribution in [0.3, 0.4) is 0 Å². The summed E-state index contributed by atoms with van der Waals surface area (Å²) in [5.74, 6) is -0.435. The van der Waals surface area contributed by atoms with Crippen molar-refractivity contribution in [3.05, 3.63) is 22.7 Å². The lowest BCUT2D eigenvalue weighted by molar-refractivity contribution is -0.176. The van der Waals surface area contributed by atoms with Crippen molar-refractivity contribution in [2.45, 2.75) is 38.4 Å². The second kappa shape index (κ2) is 7.79. The highest BCUT2D eigenvalue weighted by Gasteiger charge is 2.45. The minimum atomic E-state index is -1.18. The van der Waals surface area contributed by atoms with E-state index in [0.717, 1.165) is 4.57 Å². The number of nitrogens with one attached hydrogen (secondary N) is 1. The summed E-state index contributed by atoms with van der Waals surface area (Å²) in [6, 6.07) is 1.42. The van der Waals surface area contributed by atoms with Crippen LogP contribution in [0, 0.1) is 5.92 Å². The Morgan fingerprint density at radius 3 is 2.83 bits per heavy atom. The van der Waals surface area contributed by atoms with Crippen LogP contribution >= 0.6 is 0 Å². The van der Waals surface area contributed by atoms with E-state index in [0.29, 0.717) is 0 Å². The van der Waals surface area contributed by atoms with Gasteiger partial charge in [0.1, 0.15) is 30.7 Å². The second-order valence-corrected chi connectivity index (χ2v) is 5.68. The highest BCUT2D eigenvalue weighted by molar-refractivity contribution is 5.91. The lowest BCUT2D eigenvalue weighted by Crippen LogP contribution is -2.37. The molecule has 1 aromatic rings. The maximum Gasteiger partial charge on any atom is 0.351 e. The molecule has 1 amide bonds. The van der Waals surface area contributed by atoms with Gasteiger partial charge in [-0.25, -0.2) is 4.79 Å². The van der Waals surface area contributed by atoms with Gasteiger partial charge in [0.2, 0.25) is 5.91 Å². The van der Waals surface area contributed by atoms with Gasteiger partial charge in [-0.3, -0.25) is 9.36 Å². The van der Waals surface area contributed by atoms with Gasteiger partial charge in [-0.1, -0.05) is 13.8 Å². The fourth-order valence-electron chi connectivity index (χ4n) is 2.34. The molecular formula is C14H20FN3O6. The zero-order valence-electron chi connectivity index (χ0n) is 13.5. The number of methoxy groups -OCH3 is 1. The number of ether oxygens (including phenoxy) is 2. The summed E-state index contributed by atoms with van der Waals surface area (Å²) in [5.41, 5.74) is -0.711. The van der Waals surface area contributed by atoms with E-state index in [2.05, 4.69) is 15.2 Å². The molecule has 10 heteroatoms. The van der Waals surface area contributed by atoms with Gasteiger partial charge in [-0.15, -0.1) is 0 Å². The molecule has 0 bridgehead atoms. The summed E-state index contributed by atoms with van der Waals surface area (Å²) in [6.45, 7) is 2.92. The van der Waals surface area contributed by atoms with Crippen LogP contribution in [0.15, 0.2) is 17.1 Å². The van der Waals surface area contributed by atoms with Crippen molar-refractivity contribution in [3.8, 4) is 0 Å². The summed E-state index contributed by atoms with van der Waals surface area (Å²) in [7, 11) is 1.33. The number of hydrogen-bond acceptors (Lipinski definition) is 7. The number of aliphatic hydroxyl groups excluding tert-OH is 1. The van der Waals surface area contributed by atoms with Crippen LogP contribution in [0.25, 0.3) is 0 Å². The largest absolute Gasteiger partial charge is 0.387 e. The molecule has 0 aromatic carbocycles. The fourth-order valence-corrected chi connectivity index (χ4v) is 2.34. The van der Waals surface area contributed by atoms with Crippen molar-refractivity contribution in [3.63, 3.8) is 0 Å². The number of nitrogens with zero attached hydrogens (tertiary/aromatic N) is 2. The number of amides is 1. The fraction of sp³-hybridized carbons (Fsp3) is 0.643. The van der Waals surface area contributed by atoms with Crippen LogP contribution in [0.1, 0.15) is 20.1 Å². The van der Waals surface area contributed by atoms with Crippen LogP contribution in [0.2, 0.25) is 0 Å². The van der Waals surface area contributed by atoms with Crippen LogP contribution in [0.4, 0.5) is 10.3 Å². The normalized spacial score (nSPS) is 26.8. The van der Waals surface area contributed by atoms with E-state index in [1.165, 1.54) is 19.4 Å². The van der Waals surface area contributed by atoms with Gasteiger partial charge in [0.15, 0.2) is 6.23 Å². The first-order chi connectivity index (χ1) is 11.4. The molecule has 134 valence electrons. The molecule has 0 saturated carbocycles. The molecule has 1 saturated heterocycles. The molecule has 2 rings (SSSR count). The Morgan fingerprint density at radius 2 is 2.29 bits per heavy atom. The standard InChI is InChI=1S/C14H20FN3O6/c1-7(2)12(20)16-9-4-5-18(14(21)17-9)13-11(22-3)10(19)8(24-13)6-23-15/h4-5,7-8,10-11,13,19H,6H2,1-3H3,(H,16,17,20,21). The van der Waals surface area contributed by atoms with Gasteiger partial charge in [-0.05, 0) is 10.6 Å². The Morgan fingerprint density at radius 1 is 1.58 bits per heavy atom. The van der Waals surface area contributed by atoms with E-state index in [9.17, 15) is 19.2 Å². The number of hydrogen-bond donors (Lipinski definition) is 2. The molecule has 4 atom stereocenters. The van der Waals surface area contributed by atoms with Crippen LogP contribution < -0.4 is 11.0 Å².